The zero-order valence-electron chi connectivity index (χ0n) is 12.5. The summed E-state index contributed by atoms with van der Waals surface area (Å²) in [6.45, 7) is 1.68. The summed E-state index contributed by atoms with van der Waals surface area (Å²) >= 11 is 0. The van der Waals surface area contributed by atoms with Crippen LogP contribution in [0, 0.1) is 5.82 Å². The van der Waals surface area contributed by atoms with Crippen molar-refractivity contribution in [1.29, 1.82) is 0 Å². The van der Waals surface area contributed by atoms with E-state index in [9.17, 15) is 17.6 Å². The lowest BCUT2D eigenvalue weighted by Crippen LogP contribution is -2.42. The van der Waals surface area contributed by atoms with E-state index in [0.717, 1.165) is 0 Å². The molecule has 1 aliphatic heterocycles. The largest absolute Gasteiger partial charge is 0.351 e. The van der Waals surface area contributed by atoms with Gasteiger partial charge in [0.05, 0.1) is 23.7 Å². The summed E-state index contributed by atoms with van der Waals surface area (Å²) < 4.78 is 36.8. The lowest BCUT2D eigenvalue weighted by molar-refractivity contribution is -0.120. The molecule has 1 saturated heterocycles. The number of nitrogens with zero attached hydrogens (tertiary/aromatic N) is 3. The fourth-order valence-electron chi connectivity index (χ4n) is 2.38. The lowest BCUT2D eigenvalue weighted by Gasteiger charge is -2.20. The summed E-state index contributed by atoms with van der Waals surface area (Å²) in [5, 5.41) is 2.66. The molecule has 0 spiro atoms. The first-order valence-corrected chi connectivity index (χ1v) is 8.85. The molecule has 1 fully saturated rings. The van der Waals surface area contributed by atoms with Crippen LogP contribution in [0.15, 0.2) is 6.33 Å². The van der Waals surface area contributed by atoms with Gasteiger partial charge in [0.15, 0.2) is 21.5 Å². The van der Waals surface area contributed by atoms with Gasteiger partial charge in [0, 0.05) is 13.1 Å². The fraction of sp³-hybridized carbons (Fsp3) is 0.615. The number of nitrogens with one attached hydrogen (secondary N) is 1. The zero-order chi connectivity index (χ0) is 16.3. The zero-order valence-corrected chi connectivity index (χ0v) is 13.4. The van der Waals surface area contributed by atoms with Crippen LogP contribution in [0.4, 0.5) is 10.2 Å². The first kappa shape index (κ1) is 16.6. The highest BCUT2D eigenvalue weighted by Gasteiger charge is 2.29. The summed E-state index contributed by atoms with van der Waals surface area (Å²) in [7, 11) is -1.49. The average molecular weight is 330 g/mol. The topological polar surface area (TPSA) is 92.3 Å². The second kappa shape index (κ2) is 6.55. The number of aryl methyl sites for hydroxylation is 1. The number of hydrogen-bond donors (Lipinski definition) is 1. The molecule has 1 unspecified atom stereocenters. The Morgan fingerprint density at radius 2 is 2.23 bits per heavy atom. The van der Waals surface area contributed by atoms with Gasteiger partial charge in [-0.1, -0.05) is 6.92 Å². The molecule has 9 heteroatoms. The van der Waals surface area contributed by atoms with Gasteiger partial charge in [0.1, 0.15) is 6.33 Å². The molecule has 2 rings (SSSR count). The predicted octanol–water partition coefficient (Wildman–Crippen LogP) is -0.0824. The van der Waals surface area contributed by atoms with Crippen LogP contribution in [0.2, 0.25) is 0 Å². The molecule has 1 N–H and O–H groups in total. The van der Waals surface area contributed by atoms with Gasteiger partial charge in [-0.25, -0.2) is 22.8 Å². The monoisotopic (exact) mass is 330 g/mol. The van der Waals surface area contributed by atoms with E-state index >= 15 is 0 Å². The van der Waals surface area contributed by atoms with Crippen LogP contribution in [0.3, 0.4) is 0 Å². The molecular formula is C13H19FN4O3S. The van der Waals surface area contributed by atoms with Crippen molar-refractivity contribution in [3.63, 3.8) is 0 Å². The predicted molar refractivity (Wildman–Crippen MR) is 79.8 cm³/mol. The molecule has 0 aromatic carbocycles. The highest BCUT2D eigenvalue weighted by molar-refractivity contribution is 7.91. The van der Waals surface area contributed by atoms with Crippen molar-refractivity contribution in [2.45, 2.75) is 25.8 Å². The van der Waals surface area contributed by atoms with Crippen LogP contribution in [0.1, 0.15) is 19.0 Å². The molecular weight excluding hydrogens is 311 g/mol. The molecule has 0 aliphatic carbocycles. The van der Waals surface area contributed by atoms with Crippen molar-refractivity contribution in [3.05, 3.63) is 17.8 Å². The van der Waals surface area contributed by atoms with E-state index in [1.54, 1.807) is 14.0 Å². The van der Waals surface area contributed by atoms with Gasteiger partial charge in [0.2, 0.25) is 5.91 Å². The number of likely N-dealkylation sites (N-methyl/N-ethyl adjacent to an activating group) is 1. The number of rotatable bonds is 5. The van der Waals surface area contributed by atoms with Gasteiger partial charge < -0.3 is 10.2 Å². The number of amides is 1. The first-order chi connectivity index (χ1) is 10.3. The molecule has 122 valence electrons. The molecule has 1 atom stereocenters. The number of hydrogen-bond acceptors (Lipinski definition) is 6. The fourth-order valence-corrected chi connectivity index (χ4v) is 4.05. The van der Waals surface area contributed by atoms with Crippen LogP contribution in [-0.4, -0.2) is 55.4 Å². The Labute approximate surface area is 128 Å². The van der Waals surface area contributed by atoms with E-state index in [2.05, 4.69) is 15.3 Å². The van der Waals surface area contributed by atoms with Gasteiger partial charge >= 0.3 is 0 Å². The van der Waals surface area contributed by atoms with E-state index in [-0.39, 0.29) is 35.8 Å². The summed E-state index contributed by atoms with van der Waals surface area (Å²) in [5.41, 5.74) is 0.291. The Bertz CT molecular complexity index is 665. The Kier molecular flexibility index (Phi) is 4.94. The second-order valence-electron chi connectivity index (χ2n) is 5.34. The molecule has 1 amide bonds. The Morgan fingerprint density at radius 3 is 2.82 bits per heavy atom. The molecule has 2 heterocycles. The van der Waals surface area contributed by atoms with E-state index < -0.39 is 15.7 Å². The maximum absolute atomic E-state index is 14.1. The van der Waals surface area contributed by atoms with Crippen molar-refractivity contribution in [2.75, 3.05) is 30.0 Å². The lowest BCUT2D eigenvalue weighted by atomic mass is 10.2. The number of sulfone groups is 1. The quantitative estimate of drug-likeness (QED) is 0.812. The van der Waals surface area contributed by atoms with Gasteiger partial charge in [-0.15, -0.1) is 0 Å². The number of anilines is 1. The number of aromatic nitrogens is 2. The summed E-state index contributed by atoms with van der Waals surface area (Å²) in [5.74, 6) is -0.788. The van der Waals surface area contributed by atoms with Crippen molar-refractivity contribution < 1.29 is 17.6 Å². The van der Waals surface area contributed by atoms with Crippen molar-refractivity contribution in [2.24, 2.45) is 0 Å². The van der Waals surface area contributed by atoms with Crippen molar-refractivity contribution in [3.8, 4) is 0 Å². The second-order valence-corrected chi connectivity index (χ2v) is 7.56. The van der Waals surface area contributed by atoms with Crippen LogP contribution in [0.5, 0.6) is 0 Å². The van der Waals surface area contributed by atoms with Crippen LogP contribution in [0.25, 0.3) is 0 Å². The van der Waals surface area contributed by atoms with E-state index in [1.807, 2.05) is 0 Å². The molecule has 0 saturated carbocycles. The van der Waals surface area contributed by atoms with Gasteiger partial charge in [0.25, 0.3) is 0 Å². The summed E-state index contributed by atoms with van der Waals surface area (Å²) in [4.78, 5) is 21.0. The highest BCUT2D eigenvalue weighted by atomic mass is 32.2. The minimum Gasteiger partial charge on any atom is -0.351 e. The maximum Gasteiger partial charge on any atom is 0.239 e. The summed E-state index contributed by atoms with van der Waals surface area (Å²) in [6, 6.07) is -0.368. The third-order valence-corrected chi connectivity index (χ3v) is 5.29. The van der Waals surface area contributed by atoms with Gasteiger partial charge in [-0.3, -0.25) is 4.79 Å². The molecule has 7 nitrogen and oxygen atoms in total. The number of halogens is 1. The SMILES string of the molecule is CCc1ncnc(N(C)CC(=O)NC2CCS(=O)(=O)C2)c1F. The number of carbonyl (C=O) groups is 1. The van der Waals surface area contributed by atoms with E-state index in [4.69, 9.17) is 0 Å². The Hall–Kier alpha value is -1.77. The smallest absolute Gasteiger partial charge is 0.239 e. The first-order valence-electron chi connectivity index (χ1n) is 7.02. The molecule has 1 aromatic rings. The van der Waals surface area contributed by atoms with E-state index in [0.29, 0.717) is 18.5 Å². The molecule has 0 radical (unpaired) electrons. The minimum atomic E-state index is -3.05. The van der Waals surface area contributed by atoms with Crippen molar-refractivity contribution >= 4 is 21.6 Å². The van der Waals surface area contributed by atoms with Crippen molar-refractivity contribution in [1.82, 2.24) is 15.3 Å². The van der Waals surface area contributed by atoms with Crippen LogP contribution >= 0.6 is 0 Å². The normalized spacial score (nSPS) is 19.9. The highest BCUT2D eigenvalue weighted by Crippen LogP contribution is 2.17. The maximum atomic E-state index is 14.1. The number of carbonyl (C=O) groups excluding carboxylic acids is 1. The van der Waals surface area contributed by atoms with Crippen LogP contribution < -0.4 is 10.2 Å². The minimum absolute atomic E-state index is 0.0374. The standard InChI is InChI=1S/C13H19FN4O3S/c1-3-10-12(14)13(16-8-15-10)18(2)6-11(19)17-9-4-5-22(20,21)7-9/h8-9H,3-7H2,1-2H3,(H,17,19). The Balaban J connectivity index is 1.97. The molecule has 1 aromatic heterocycles. The third-order valence-electron chi connectivity index (χ3n) is 3.52. The Morgan fingerprint density at radius 1 is 1.50 bits per heavy atom. The van der Waals surface area contributed by atoms with Gasteiger partial charge in [-0.2, -0.15) is 0 Å². The van der Waals surface area contributed by atoms with Crippen LogP contribution in [-0.2, 0) is 21.1 Å². The average Bonchev–Trinajstić information content (AvgIpc) is 2.77. The third kappa shape index (κ3) is 3.90. The molecule has 1 aliphatic rings. The summed E-state index contributed by atoms with van der Waals surface area (Å²) in [6.07, 6.45) is 2.11. The van der Waals surface area contributed by atoms with Gasteiger partial charge in [-0.05, 0) is 12.8 Å². The molecule has 0 bridgehead atoms. The van der Waals surface area contributed by atoms with E-state index in [1.165, 1.54) is 11.2 Å². The molecule has 22 heavy (non-hydrogen) atoms.